The van der Waals surface area contributed by atoms with Crippen LogP contribution in [0.25, 0.3) is 0 Å². The maximum Gasteiger partial charge on any atom is 0.248 e. The Morgan fingerprint density at radius 2 is 2.07 bits per heavy atom. The monoisotopic (exact) mass is 192 g/mol. The minimum Gasteiger partial charge on any atom is -0.273 e. The molecule has 0 aliphatic carbocycles. The lowest BCUT2D eigenvalue weighted by Gasteiger charge is -2.11. The van der Waals surface area contributed by atoms with Crippen LogP contribution in [-0.2, 0) is 11.3 Å². The molecule has 0 bridgehead atoms. The van der Waals surface area contributed by atoms with Gasteiger partial charge in [-0.1, -0.05) is 12.1 Å². The van der Waals surface area contributed by atoms with Gasteiger partial charge in [0.2, 0.25) is 5.91 Å². The maximum atomic E-state index is 12.6. The van der Waals surface area contributed by atoms with Crippen LogP contribution in [0.4, 0.5) is 4.39 Å². The number of benzene rings is 1. The van der Waals surface area contributed by atoms with Gasteiger partial charge in [0.1, 0.15) is 5.82 Å². The highest BCUT2D eigenvalue weighted by molar-refractivity contribution is 5.93. The lowest BCUT2D eigenvalue weighted by Crippen LogP contribution is -2.19. The fraction of sp³-hybridized carbons (Fsp3) is 0.200. The third kappa shape index (κ3) is 1.79. The van der Waals surface area contributed by atoms with E-state index in [1.54, 1.807) is 18.3 Å². The smallest absolute Gasteiger partial charge is 0.248 e. The number of amides is 1. The van der Waals surface area contributed by atoms with Gasteiger partial charge in [-0.15, -0.1) is 0 Å². The van der Waals surface area contributed by atoms with E-state index >= 15 is 0 Å². The molecule has 4 heteroatoms. The minimum atomic E-state index is -0.273. The summed E-state index contributed by atoms with van der Waals surface area (Å²) in [4.78, 5) is 11.2. The largest absolute Gasteiger partial charge is 0.273 e. The Labute approximate surface area is 80.8 Å². The van der Waals surface area contributed by atoms with Crippen molar-refractivity contribution in [2.24, 2.45) is 5.10 Å². The van der Waals surface area contributed by atoms with E-state index < -0.39 is 0 Å². The fourth-order valence-corrected chi connectivity index (χ4v) is 1.28. The van der Waals surface area contributed by atoms with Crippen LogP contribution in [0.5, 0.6) is 0 Å². The van der Waals surface area contributed by atoms with E-state index in [1.807, 2.05) is 0 Å². The zero-order valence-corrected chi connectivity index (χ0v) is 7.48. The molecule has 0 saturated carbocycles. The first kappa shape index (κ1) is 8.87. The van der Waals surface area contributed by atoms with Crippen molar-refractivity contribution in [3.8, 4) is 0 Å². The van der Waals surface area contributed by atoms with E-state index in [0.717, 1.165) is 5.56 Å². The molecule has 14 heavy (non-hydrogen) atoms. The summed E-state index contributed by atoms with van der Waals surface area (Å²) >= 11 is 0. The minimum absolute atomic E-state index is 0.0191. The summed E-state index contributed by atoms with van der Waals surface area (Å²) in [5, 5.41) is 5.28. The van der Waals surface area contributed by atoms with Gasteiger partial charge in [-0.25, -0.2) is 9.40 Å². The van der Waals surface area contributed by atoms with Gasteiger partial charge in [0.15, 0.2) is 0 Å². The van der Waals surface area contributed by atoms with Crippen molar-refractivity contribution in [3.63, 3.8) is 0 Å². The summed E-state index contributed by atoms with van der Waals surface area (Å²) in [6.45, 7) is 0.412. The molecular formula is C10H9FN2O. The van der Waals surface area contributed by atoms with E-state index in [4.69, 9.17) is 0 Å². The molecule has 0 aromatic heterocycles. The van der Waals surface area contributed by atoms with Crippen molar-refractivity contribution in [3.05, 3.63) is 35.6 Å². The lowest BCUT2D eigenvalue weighted by atomic mass is 10.2. The molecule has 1 aromatic carbocycles. The molecule has 72 valence electrons. The normalized spacial score (nSPS) is 15.2. The Hall–Kier alpha value is -1.71. The van der Waals surface area contributed by atoms with Gasteiger partial charge in [-0.3, -0.25) is 4.79 Å². The van der Waals surface area contributed by atoms with Crippen LogP contribution in [0.1, 0.15) is 12.0 Å². The molecule has 2 rings (SSSR count). The van der Waals surface area contributed by atoms with E-state index in [-0.39, 0.29) is 11.7 Å². The summed E-state index contributed by atoms with van der Waals surface area (Å²) in [6, 6.07) is 6.05. The Morgan fingerprint density at radius 3 is 2.64 bits per heavy atom. The van der Waals surface area contributed by atoms with Crippen LogP contribution in [0.2, 0.25) is 0 Å². The molecule has 0 atom stereocenters. The van der Waals surface area contributed by atoms with Gasteiger partial charge in [0.05, 0.1) is 13.0 Å². The Kier molecular flexibility index (Phi) is 2.26. The molecular weight excluding hydrogens is 183 g/mol. The number of rotatable bonds is 2. The highest BCUT2D eigenvalue weighted by Crippen LogP contribution is 2.10. The van der Waals surface area contributed by atoms with E-state index in [1.165, 1.54) is 17.1 Å². The predicted octanol–water partition coefficient (Wildman–Crippen LogP) is 1.54. The number of hydrogen-bond acceptors (Lipinski definition) is 2. The first-order chi connectivity index (χ1) is 6.75. The zero-order chi connectivity index (χ0) is 9.97. The van der Waals surface area contributed by atoms with Gasteiger partial charge >= 0.3 is 0 Å². The van der Waals surface area contributed by atoms with Crippen LogP contribution >= 0.6 is 0 Å². The first-order valence-corrected chi connectivity index (χ1v) is 4.33. The summed E-state index contributed by atoms with van der Waals surface area (Å²) in [5.41, 5.74) is 0.874. The molecule has 0 spiro atoms. The summed E-state index contributed by atoms with van der Waals surface area (Å²) in [5.74, 6) is -0.292. The number of hydrogen-bond donors (Lipinski definition) is 0. The van der Waals surface area contributed by atoms with E-state index in [0.29, 0.717) is 13.0 Å². The van der Waals surface area contributed by atoms with E-state index in [2.05, 4.69) is 5.10 Å². The first-order valence-electron chi connectivity index (χ1n) is 4.33. The summed E-state index contributed by atoms with van der Waals surface area (Å²) < 4.78 is 12.6. The SMILES string of the molecule is O=C1CC=NN1Cc1ccc(F)cc1. The summed E-state index contributed by atoms with van der Waals surface area (Å²) in [7, 11) is 0. The molecule has 0 N–H and O–H groups in total. The third-order valence-corrected chi connectivity index (χ3v) is 2.02. The Morgan fingerprint density at radius 1 is 1.36 bits per heavy atom. The second-order valence-corrected chi connectivity index (χ2v) is 3.08. The van der Waals surface area contributed by atoms with Crippen molar-refractivity contribution in [1.82, 2.24) is 5.01 Å². The highest BCUT2D eigenvalue weighted by atomic mass is 19.1. The standard InChI is InChI=1S/C10H9FN2O/c11-9-3-1-8(2-4-9)7-13-10(14)5-6-12-13/h1-4,6H,5,7H2. The van der Waals surface area contributed by atoms with Gasteiger partial charge in [-0.2, -0.15) is 5.10 Å². The van der Waals surface area contributed by atoms with Crippen molar-refractivity contribution in [1.29, 1.82) is 0 Å². The Balaban J connectivity index is 2.07. The second-order valence-electron chi connectivity index (χ2n) is 3.08. The lowest BCUT2D eigenvalue weighted by molar-refractivity contribution is -0.129. The van der Waals surface area contributed by atoms with Crippen molar-refractivity contribution < 1.29 is 9.18 Å². The highest BCUT2D eigenvalue weighted by Gasteiger charge is 2.16. The zero-order valence-electron chi connectivity index (χ0n) is 7.48. The molecule has 1 aromatic rings. The van der Waals surface area contributed by atoms with Crippen molar-refractivity contribution in [2.75, 3.05) is 0 Å². The number of carbonyl (C=O) groups is 1. The van der Waals surface area contributed by atoms with Gasteiger partial charge in [0, 0.05) is 6.21 Å². The second kappa shape index (κ2) is 3.57. The molecule has 1 aliphatic heterocycles. The molecule has 1 aliphatic rings. The number of halogens is 1. The molecule has 3 nitrogen and oxygen atoms in total. The van der Waals surface area contributed by atoms with Crippen LogP contribution in [0, 0.1) is 5.82 Å². The molecule has 0 unspecified atom stereocenters. The van der Waals surface area contributed by atoms with Gasteiger partial charge in [-0.05, 0) is 17.7 Å². The van der Waals surface area contributed by atoms with Crippen LogP contribution in [0.3, 0.4) is 0 Å². The number of nitrogens with zero attached hydrogens (tertiary/aromatic N) is 2. The van der Waals surface area contributed by atoms with Gasteiger partial charge < -0.3 is 0 Å². The number of carbonyl (C=O) groups excluding carboxylic acids is 1. The quantitative estimate of drug-likeness (QED) is 0.699. The van der Waals surface area contributed by atoms with E-state index in [9.17, 15) is 9.18 Å². The van der Waals surface area contributed by atoms with Gasteiger partial charge in [0.25, 0.3) is 0 Å². The molecule has 0 fully saturated rings. The topological polar surface area (TPSA) is 32.7 Å². The van der Waals surface area contributed by atoms with Crippen LogP contribution < -0.4 is 0 Å². The maximum absolute atomic E-state index is 12.6. The summed E-state index contributed by atoms with van der Waals surface area (Å²) in [6.07, 6.45) is 1.94. The molecule has 0 radical (unpaired) electrons. The third-order valence-electron chi connectivity index (χ3n) is 2.02. The Bertz CT molecular complexity index is 372. The van der Waals surface area contributed by atoms with Crippen LogP contribution in [-0.4, -0.2) is 17.1 Å². The molecule has 1 heterocycles. The predicted molar refractivity (Wildman–Crippen MR) is 50.1 cm³/mol. The van der Waals surface area contributed by atoms with Crippen molar-refractivity contribution >= 4 is 12.1 Å². The molecule has 0 saturated heterocycles. The number of hydrazone groups is 1. The fourth-order valence-electron chi connectivity index (χ4n) is 1.28. The average molecular weight is 192 g/mol. The average Bonchev–Trinajstić information content (AvgIpc) is 2.56. The van der Waals surface area contributed by atoms with Crippen LogP contribution in [0.15, 0.2) is 29.4 Å². The van der Waals surface area contributed by atoms with Crippen molar-refractivity contribution in [2.45, 2.75) is 13.0 Å². The molecule has 1 amide bonds.